The van der Waals surface area contributed by atoms with Crippen molar-refractivity contribution in [2.75, 3.05) is 6.61 Å². The largest absolute Gasteiger partial charge is 0.482 e. The number of carbonyl (C=O) groups excluding carboxylic acids is 1. The smallest absolute Gasteiger partial charge is 0.258 e. The van der Waals surface area contributed by atoms with Crippen molar-refractivity contribution < 1.29 is 9.53 Å². The Kier molecular flexibility index (Phi) is 5.42. The average molecular weight is 237 g/mol. The summed E-state index contributed by atoms with van der Waals surface area (Å²) in [4.78, 5) is 15.5. The van der Waals surface area contributed by atoms with Crippen molar-refractivity contribution >= 4 is 5.91 Å². The molecule has 0 spiro atoms. The molecule has 0 saturated heterocycles. The Hall–Kier alpha value is -1.62. The number of aromatic nitrogens is 1. The molecule has 1 unspecified atom stereocenters. The van der Waals surface area contributed by atoms with Gasteiger partial charge in [0.25, 0.3) is 5.91 Å². The van der Waals surface area contributed by atoms with Gasteiger partial charge in [-0.2, -0.15) is 0 Å². The number of nitrogens with two attached hydrogens (primary N) is 1. The van der Waals surface area contributed by atoms with Crippen LogP contribution in [-0.4, -0.2) is 23.5 Å². The Morgan fingerprint density at radius 3 is 2.88 bits per heavy atom. The summed E-state index contributed by atoms with van der Waals surface area (Å²) < 4.78 is 5.30. The van der Waals surface area contributed by atoms with E-state index in [0.717, 1.165) is 12.1 Å². The molecule has 1 rings (SSSR count). The first-order valence-corrected chi connectivity index (χ1v) is 5.72. The monoisotopic (exact) mass is 237 g/mol. The van der Waals surface area contributed by atoms with E-state index < -0.39 is 0 Å². The molecular formula is C12H19N3O2. The Bertz CT molecular complexity index is 351. The SMILES string of the molecule is CCC(C)NC(=O)COc1ccc(CN)nc1. The zero-order valence-electron chi connectivity index (χ0n) is 10.3. The molecule has 1 aromatic rings. The molecule has 0 aliphatic carbocycles. The first-order chi connectivity index (χ1) is 8.15. The molecule has 0 aliphatic heterocycles. The minimum Gasteiger partial charge on any atom is -0.482 e. The zero-order chi connectivity index (χ0) is 12.7. The molecule has 5 heteroatoms. The van der Waals surface area contributed by atoms with Crippen molar-refractivity contribution in [1.29, 1.82) is 0 Å². The summed E-state index contributed by atoms with van der Waals surface area (Å²) >= 11 is 0. The second-order valence-corrected chi connectivity index (χ2v) is 3.85. The molecule has 0 radical (unpaired) electrons. The summed E-state index contributed by atoms with van der Waals surface area (Å²) in [6.45, 7) is 4.37. The lowest BCUT2D eigenvalue weighted by Gasteiger charge is -2.11. The predicted octanol–water partition coefficient (Wildman–Crippen LogP) is 0.834. The summed E-state index contributed by atoms with van der Waals surface area (Å²) in [6.07, 6.45) is 2.47. The molecule has 0 aliphatic rings. The standard InChI is InChI=1S/C12H19N3O2/c1-3-9(2)15-12(16)8-17-11-5-4-10(6-13)14-7-11/h4-5,7,9H,3,6,8,13H2,1-2H3,(H,15,16). The Balaban J connectivity index is 2.36. The number of nitrogens with one attached hydrogen (secondary N) is 1. The van der Waals surface area contributed by atoms with Crippen molar-refractivity contribution in [3.05, 3.63) is 24.0 Å². The second kappa shape index (κ2) is 6.85. The highest BCUT2D eigenvalue weighted by Crippen LogP contribution is 2.08. The van der Waals surface area contributed by atoms with Gasteiger partial charge in [-0.25, -0.2) is 0 Å². The lowest BCUT2D eigenvalue weighted by molar-refractivity contribution is -0.123. The first kappa shape index (κ1) is 13.4. The highest BCUT2D eigenvalue weighted by Gasteiger charge is 2.06. The Labute approximate surface area is 101 Å². The molecule has 5 nitrogen and oxygen atoms in total. The maximum Gasteiger partial charge on any atom is 0.258 e. The fourth-order valence-corrected chi connectivity index (χ4v) is 1.18. The fourth-order valence-electron chi connectivity index (χ4n) is 1.18. The molecule has 1 atom stereocenters. The molecule has 1 amide bonds. The third-order valence-corrected chi connectivity index (χ3v) is 2.40. The maximum absolute atomic E-state index is 11.4. The van der Waals surface area contributed by atoms with Crippen LogP contribution in [0.5, 0.6) is 5.75 Å². The van der Waals surface area contributed by atoms with Gasteiger partial charge in [-0.3, -0.25) is 9.78 Å². The van der Waals surface area contributed by atoms with Crippen LogP contribution in [0.3, 0.4) is 0 Å². The molecule has 3 N–H and O–H groups in total. The highest BCUT2D eigenvalue weighted by molar-refractivity contribution is 5.77. The van der Waals surface area contributed by atoms with Crippen LogP contribution >= 0.6 is 0 Å². The third kappa shape index (κ3) is 4.82. The van der Waals surface area contributed by atoms with Gasteiger partial charge in [0.2, 0.25) is 0 Å². The summed E-state index contributed by atoms with van der Waals surface area (Å²) in [5.41, 5.74) is 6.22. The van der Waals surface area contributed by atoms with E-state index in [0.29, 0.717) is 12.3 Å². The lowest BCUT2D eigenvalue weighted by Crippen LogP contribution is -2.35. The van der Waals surface area contributed by atoms with E-state index in [9.17, 15) is 4.79 Å². The molecule has 1 aromatic heterocycles. The van der Waals surface area contributed by atoms with E-state index in [2.05, 4.69) is 10.3 Å². The topological polar surface area (TPSA) is 77.2 Å². The number of hydrogen-bond acceptors (Lipinski definition) is 4. The molecule has 17 heavy (non-hydrogen) atoms. The second-order valence-electron chi connectivity index (χ2n) is 3.85. The van der Waals surface area contributed by atoms with Gasteiger partial charge in [0.15, 0.2) is 6.61 Å². The van der Waals surface area contributed by atoms with Crippen molar-refractivity contribution in [2.45, 2.75) is 32.9 Å². The van der Waals surface area contributed by atoms with Crippen LogP contribution in [-0.2, 0) is 11.3 Å². The van der Waals surface area contributed by atoms with Gasteiger partial charge in [-0.15, -0.1) is 0 Å². The molecule has 0 fully saturated rings. The summed E-state index contributed by atoms with van der Waals surface area (Å²) in [5.74, 6) is 0.448. The number of pyridine rings is 1. The predicted molar refractivity (Wildman–Crippen MR) is 65.5 cm³/mol. The quantitative estimate of drug-likeness (QED) is 0.768. The van der Waals surface area contributed by atoms with E-state index in [1.165, 1.54) is 0 Å². The van der Waals surface area contributed by atoms with Crippen LogP contribution in [0.2, 0.25) is 0 Å². The normalized spacial score (nSPS) is 11.9. The molecule has 0 bridgehead atoms. The third-order valence-electron chi connectivity index (χ3n) is 2.40. The molecule has 0 aromatic carbocycles. The Morgan fingerprint density at radius 1 is 1.59 bits per heavy atom. The molecular weight excluding hydrogens is 218 g/mol. The van der Waals surface area contributed by atoms with Crippen molar-refractivity contribution in [1.82, 2.24) is 10.3 Å². The maximum atomic E-state index is 11.4. The number of hydrogen-bond donors (Lipinski definition) is 2. The minimum atomic E-state index is -0.123. The zero-order valence-corrected chi connectivity index (χ0v) is 10.3. The van der Waals surface area contributed by atoms with E-state index in [1.807, 2.05) is 13.8 Å². The minimum absolute atomic E-state index is 0.00793. The molecule has 1 heterocycles. The van der Waals surface area contributed by atoms with E-state index in [-0.39, 0.29) is 18.6 Å². The Morgan fingerprint density at radius 2 is 2.35 bits per heavy atom. The van der Waals surface area contributed by atoms with Crippen molar-refractivity contribution in [3.8, 4) is 5.75 Å². The highest BCUT2D eigenvalue weighted by atomic mass is 16.5. The average Bonchev–Trinajstić information content (AvgIpc) is 2.36. The van der Waals surface area contributed by atoms with Crippen LogP contribution in [0, 0.1) is 0 Å². The van der Waals surface area contributed by atoms with Gasteiger partial charge in [-0.1, -0.05) is 6.92 Å². The van der Waals surface area contributed by atoms with Crippen LogP contribution in [0.25, 0.3) is 0 Å². The van der Waals surface area contributed by atoms with Gasteiger partial charge in [0, 0.05) is 12.6 Å². The van der Waals surface area contributed by atoms with E-state index in [4.69, 9.17) is 10.5 Å². The fraction of sp³-hybridized carbons (Fsp3) is 0.500. The van der Waals surface area contributed by atoms with Gasteiger partial charge < -0.3 is 15.8 Å². The molecule has 0 saturated carbocycles. The van der Waals surface area contributed by atoms with Crippen LogP contribution < -0.4 is 15.8 Å². The summed E-state index contributed by atoms with van der Waals surface area (Å²) in [7, 11) is 0. The number of carbonyl (C=O) groups is 1. The number of amides is 1. The number of rotatable bonds is 6. The molecule has 94 valence electrons. The van der Waals surface area contributed by atoms with Crippen molar-refractivity contribution in [2.24, 2.45) is 5.73 Å². The van der Waals surface area contributed by atoms with Crippen LogP contribution in [0.1, 0.15) is 26.0 Å². The number of nitrogens with zero attached hydrogens (tertiary/aromatic N) is 1. The first-order valence-electron chi connectivity index (χ1n) is 5.72. The van der Waals surface area contributed by atoms with Gasteiger partial charge >= 0.3 is 0 Å². The van der Waals surface area contributed by atoms with E-state index in [1.54, 1.807) is 18.3 Å². The number of ether oxygens (including phenoxy) is 1. The summed E-state index contributed by atoms with van der Waals surface area (Å²) in [5, 5.41) is 2.82. The van der Waals surface area contributed by atoms with Gasteiger partial charge in [0.05, 0.1) is 11.9 Å². The lowest BCUT2D eigenvalue weighted by atomic mass is 10.2. The summed E-state index contributed by atoms with van der Waals surface area (Å²) in [6, 6.07) is 3.71. The van der Waals surface area contributed by atoms with E-state index >= 15 is 0 Å². The van der Waals surface area contributed by atoms with Crippen LogP contribution in [0.15, 0.2) is 18.3 Å². The van der Waals surface area contributed by atoms with Crippen LogP contribution in [0.4, 0.5) is 0 Å². The van der Waals surface area contributed by atoms with Gasteiger partial charge in [0.1, 0.15) is 5.75 Å². The van der Waals surface area contributed by atoms with Gasteiger partial charge in [-0.05, 0) is 25.5 Å². The van der Waals surface area contributed by atoms with Crippen molar-refractivity contribution in [3.63, 3.8) is 0 Å².